The Morgan fingerprint density at radius 1 is 0.974 bits per heavy atom. The highest BCUT2D eigenvalue weighted by Crippen LogP contribution is 2.26. The molecule has 2 N–H and O–H groups in total. The van der Waals surface area contributed by atoms with E-state index in [9.17, 15) is 14.4 Å². The van der Waals surface area contributed by atoms with Gasteiger partial charge in [-0.15, -0.1) is 0 Å². The van der Waals surface area contributed by atoms with Crippen LogP contribution in [0, 0.1) is 6.92 Å². The van der Waals surface area contributed by atoms with Crippen molar-refractivity contribution in [3.8, 4) is 0 Å². The van der Waals surface area contributed by atoms with Crippen LogP contribution in [0.1, 0.15) is 77.0 Å². The lowest BCUT2D eigenvalue weighted by atomic mass is 10.0. The maximum Gasteiger partial charge on any atom is 0.408 e. The Bertz CT molecular complexity index is 1060. The van der Waals surface area contributed by atoms with Gasteiger partial charge in [-0.2, -0.15) is 11.8 Å². The minimum Gasteiger partial charge on any atom is -0.444 e. The summed E-state index contributed by atoms with van der Waals surface area (Å²) in [6.07, 6.45) is 5.53. The van der Waals surface area contributed by atoms with Crippen LogP contribution in [-0.4, -0.2) is 53.0 Å². The molecule has 0 radical (unpaired) electrons. The first kappa shape index (κ1) is 32.2. The summed E-state index contributed by atoms with van der Waals surface area (Å²) in [7, 11) is 0. The third kappa shape index (κ3) is 10.9. The molecule has 2 aromatic rings. The van der Waals surface area contributed by atoms with Crippen LogP contribution in [0.5, 0.6) is 0 Å². The first-order valence-electron chi connectivity index (χ1n) is 13.8. The second-order valence-corrected chi connectivity index (χ2v) is 11.7. The van der Waals surface area contributed by atoms with Crippen LogP contribution in [0.2, 0.25) is 0 Å². The normalized spacial score (nSPS) is 12.8. The molecule has 0 bridgehead atoms. The molecule has 0 aliphatic heterocycles. The van der Waals surface area contributed by atoms with E-state index in [1.807, 2.05) is 67.8 Å². The number of unbranched alkanes of at least 4 members (excludes halogenated alkanes) is 3. The number of benzene rings is 2. The molecule has 0 saturated carbocycles. The summed E-state index contributed by atoms with van der Waals surface area (Å²) in [5, 5.41) is 5.85. The van der Waals surface area contributed by atoms with E-state index in [-0.39, 0.29) is 11.8 Å². The van der Waals surface area contributed by atoms with Crippen molar-refractivity contribution in [3.05, 3.63) is 65.7 Å². The molecule has 0 aliphatic carbocycles. The van der Waals surface area contributed by atoms with E-state index in [1.165, 1.54) is 0 Å². The SMILES string of the molecule is CCCCCCN(C(=O)C(CCSC)NC(=O)OC(C)(C)C)C(C(=O)Nc1ccccc1C)c1ccccc1. The molecule has 3 amide bonds. The molecule has 39 heavy (non-hydrogen) atoms. The molecule has 0 spiro atoms. The summed E-state index contributed by atoms with van der Waals surface area (Å²) in [5.74, 6) is 0.0850. The van der Waals surface area contributed by atoms with Crippen LogP contribution in [0.25, 0.3) is 0 Å². The number of hydrogen-bond acceptors (Lipinski definition) is 5. The van der Waals surface area contributed by atoms with Gasteiger partial charge < -0.3 is 20.3 Å². The summed E-state index contributed by atoms with van der Waals surface area (Å²) < 4.78 is 5.47. The van der Waals surface area contributed by atoms with Crippen molar-refractivity contribution < 1.29 is 19.1 Å². The number of ether oxygens (including phenoxy) is 1. The van der Waals surface area contributed by atoms with Crippen LogP contribution in [0.3, 0.4) is 0 Å². The van der Waals surface area contributed by atoms with Gasteiger partial charge in [0.1, 0.15) is 17.7 Å². The molecule has 0 aliphatic rings. The highest BCUT2D eigenvalue weighted by atomic mass is 32.2. The lowest BCUT2D eigenvalue weighted by molar-refractivity contribution is -0.141. The Labute approximate surface area is 238 Å². The van der Waals surface area contributed by atoms with Crippen molar-refractivity contribution in [3.63, 3.8) is 0 Å². The van der Waals surface area contributed by atoms with Crippen LogP contribution in [-0.2, 0) is 14.3 Å². The summed E-state index contributed by atoms with van der Waals surface area (Å²) in [5.41, 5.74) is 1.65. The van der Waals surface area contributed by atoms with Crippen LogP contribution in [0.15, 0.2) is 54.6 Å². The molecule has 7 nitrogen and oxygen atoms in total. The van der Waals surface area contributed by atoms with E-state index in [0.717, 1.165) is 31.2 Å². The molecule has 2 unspecified atom stereocenters. The summed E-state index contributed by atoms with van der Waals surface area (Å²) in [6, 6.07) is 15.3. The van der Waals surface area contributed by atoms with Gasteiger partial charge in [0, 0.05) is 12.2 Å². The molecule has 2 atom stereocenters. The summed E-state index contributed by atoms with van der Waals surface area (Å²) >= 11 is 1.60. The van der Waals surface area contributed by atoms with Crippen LogP contribution >= 0.6 is 11.8 Å². The predicted molar refractivity (Wildman–Crippen MR) is 161 cm³/mol. The van der Waals surface area contributed by atoms with E-state index in [1.54, 1.807) is 37.4 Å². The smallest absolute Gasteiger partial charge is 0.408 e. The van der Waals surface area contributed by atoms with Crippen molar-refractivity contribution in [1.82, 2.24) is 10.2 Å². The topological polar surface area (TPSA) is 87.7 Å². The average Bonchev–Trinajstić information content (AvgIpc) is 2.88. The van der Waals surface area contributed by atoms with Crippen LogP contribution in [0.4, 0.5) is 10.5 Å². The second-order valence-electron chi connectivity index (χ2n) is 10.7. The Kier molecular flexibility index (Phi) is 13.4. The Morgan fingerprint density at radius 3 is 2.26 bits per heavy atom. The number of carbonyl (C=O) groups excluding carboxylic acids is 3. The zero-order valence-corrected chi connectivity index (χ0v) is 25.1. The van der Waals surface area contributed by atoms with Gasteiger partial charge >= 0.3 is 6.09 Å². The van der Waals surface area contributed by atoms with Crippen molar-refractivity contribution in [2.24, 2.45) is 0 Å². The van der Waals surface area contributed by atoms with Gasteiger partial charge in [0.05, 0.1) is 0 Å². The number of anilines is 1. The third-order valence-electron chi connectivity index (χ3n) is 6.21. The fourth-order valence-corrected chi connectivity index (χ4v) is 4.71. The number of amides is 3. The molecule has 214 valence electrons. The number of carbonyl (C=O) groups is 3. The number of aryl methyl sites for hydroxylation is 1. The van der Waals surface area contributed by atoms with Gasteiger partial charge in [0.25, 0.3) is 5.91 Å². The fraction of sp³-hybridized carbons (Fsp3) is 0.516. The number of alkyl carbamates (subject to hydrolysis) is 1. The number of nitrogens with one attached hydrogen (secondary N) is 2. The van der Waals surface area contributed by atoms with Gasteiger partial charge in [0.2, 0.25) is 5.91 Å². The molecule has 0 fully saturated rings. The standard InChI is InChI=1S/C31H45N3O4S/c1-7-8-9-15-21-34(29(36)26(20-22-39-6)33-30(37)38-31(3,4)5)27(24-17-11-10-12-18-24)28(35)32-25-19-14-13-16-23(25)2/h10-14,16-19,26-27H,7-9,15,20-22H2,1-6H3,(H,32,35)(H,33,37). The van der Waals surface area contributed by atoms with Gasteiger partial charge in [-0.25, -0.2) is 4.79 Å². The first-order valence-corrected chi connectivity index (χ1v) is 15.2. The third-order valence-corrected chi connectivity index (χ3v) is 6.86. The van der Waals surface area contributed by atoms with Crippen molar-refractivity contribution in [2.75, 3.05) is 23.9 Å². The zero-order chi connectivity index (χ0) is 28.8. The number of thioether (sulfide) groups is 1. The van der Waals surface area contributed by atoms with E-state index in [4.69, 9.17) is 4.74 Å². The Balaban J connectivity index is 2.48. The molecule has 0 heterocycles. The van der Waals surface area contributed by atoms with Crippen molar-refractivity contribution in [2.45, 2.75) is 84.4 Å². The van der Waals surface area contributed by atoms with Crippen LogP contribution < -0.4 is 10.6 Å². The lowest BCUT2D eigenvalue weighted by Crippen LogP contribution is -2.52. The monoisotopic (exact) mass is 555 g/mol. The molecular weight excluding hydrogens is 510 g/mol. The number of rotatable bonds is 14. The Hall–Kier alpha value is -3.00. The summed E-state index contributed by atoms with van der Waals surface area (Å²) in [6.45, 7) is 9.82. The van der Waals surface area contributed by atoms with Gasteiger partial charge in [0.15, 0.2) is 0 Å². The molecule has 2 aromatic carbocycles. The van der Waals surface area contributed by atoms with Gasteiger partial charge in [-0.3, -0.25) is 9.59 Å². The largest absolute Gasteiger partial charge is 0.444 e. The molecule has 0 saturated heterocycles. The zero-order valence-electron chi connectivity index (χ0n) is 24.3. The van der Waals surface area contributed by atoms with E-state index in [2.05, 4.69) is 17.6 Å². The minimum atomic E-state index is -0.864. The van der Waals surface area contributed by atoms with Gasteiger partial charge in [-0.05, 0) is 69.7 Å². The lowest BCUT2D eigenvalue weighted by Gasteiger charge is -2.34. The van der Waals surface area contributed by atoms with Crippen molar-refractivity contribution >= 4 is 35.4 Å². The quantitative estimate of drug-likeness (QED) is 0.252. The Morgan fingerprint density at radius 2 is 1.64 bits per heavy atom. The second kappa shape index (κ2) is 16.2. The van der Waals surface area contributed by atoms with Gasteiger partial charge in [-0.1, -0.05) is 74.7 Å². The predicted octanol–water partition coefficient (Wildman–Crippen LogP) is 6.73. The molecule has 2 rings (SSSR count). The number of para-hydroxylation sites is 1. The number of nitrogens with zero attached hydrogens (tertiary/aromatic N) is 1. The maximum atomic E-state index is 14.2. The number of hydrogen-bond donors (Lipinski definition) is 2. The first-order chi connectivity index (χ1) is 18.6. The van der Waals surface area contributed by atoms with E-state index in [0.29, 0.717) is 30.0 Å². The highest BCUT2D eigenvalue weighted by Gasteiger charge is 2.36. The van der Waals surface area contributed by atoms with E-state index >= 15 is 0 Å². The maximum absolute atomic E-state index is 14.2. The molecule has 0 aromatic heterocycles. The average molecular weight is 556 g/mol. The molecular formula is C31H45N3O4S. The highest BCUT2D eigenvalue weighted by molar-refractivity contribution is 7.98. The minimum absolute atomic E-state index is 0.291. The molecule has 8 heteroatoms. The fourth-order valence-electron chi connectivity index (χ4n) is 4.24. The van der Waals surface area contributed by atoms with E-state index < -0.39 is 23.8 Å². The summed E-state index contributed by atoms with van der Waals surface area (Å²) in [4.78, 5) is 42.5. The van der Waals surface area contributed by atoms with Crippen molar-refractivity contribution in [1.29, 1.82) is 0 Å².